The minimum atomic E-state index is 0.280. The maximum Gasteiger partial charge on any atom is 0.0451 e. The first-order valence-electron chi connectivity index (χ1n) is 8.14. The Morgan fingerprint density at radius 2 is 1.30 bits per heavy atom. The Balaban J connectivity index is 4.77. The molecule has 0 saturated heterocycles. The van der Waals surface area contributed by atoms with E-state index in [2.05, 4.69) is 49.0 Å². The molecule has 0 bridgehead atoms. The molecule has 0 rings (SSSR count). The Bertz CT molecular complexity index is 196. The van der Waals surface area contributed by atoms with E-state index in [1.165, 1.54) is 25.7 Å². The maximum atomic E-state index is 3.56. The smallest absolute Gasteiger partial charge is 0.0451 e. The van der Waals surface area contributed by atoms with Crippen molar-refractivity contribution in [2.75, 3.05) is 40.5 Å². The summed E-state index contributed by atoms with van der Waals surface area (Å²) in [4.78, 5) is 0. The van der Waals surface area contributed by atoms with E-state index >= 15 is 0 Å². The molecule has 122 valence electrons. The van der Waals surface area contributed by atoms with Crippen molar-refractivity contribution in [2.24, 2.45) is 10.8 Å². The first-order chi connectivity index (χ1) is 9.43. The maximum absolute atomic E-state index is 3.56. The largest absolute Gasteiger partial charge is 0.308 e. The van der Waals surface area contributed by atoms with Crippen molar-refractivity contribution < 1.29 is 0 Å². The van der Waals surface area contributed by atoms with Crippen LogP contribution in [0.5, 0.6) is 0 Å². The summed E-state index contributed by atoms with van der Waals surface area (Å²) in [7, 11) is 3.98. The van der Waals surface area contributed by atoms with Crippen LogP contribution in [0.3, 0.4) is 0 Å². The average Bonchev–Trinajstić information content (AvgIpc) is 2.37. The van der Waals surface area contributed by atoms with E-state index in [0.29, 0.717) is 0 Å². The van der Waals surface area contributed by atoms with E-state index in [0.717, 1.165) is 26.4 Å². The van der Waals surface area contributed by atoms with Crippen molar-refractivity contribution in [2.45, 2.75) is 53.4 Å². The normalized spacial score (nSPS) is 12.9. The topological polar surface area (TPSA) is 48.1 Å². The van der Waals surface area contributed by atoms with Crippen LogP contribution in [0.4, 0.5) is 0 Å². The van der Waals surface area contributed by atoms with Gasteiger partial charge in [-0.2, -0.15) is 0 Å². The van der Waals surface area contributed by atoms with Crippen LogP contribution >= 0.6 is 0 Å². The molecule has 0 aliphatic rings. The van der Waals surface area contributed by atoms with Gasteiger partial charge >= 0.3 is 0 Å². The first-order valence-corrected chi connectivity index (χ1v) is 8.14. The summed E-state index contributed by atoms with van der Waals surface area (Å²) in [6, 6.07) is 0. The van der Waals surface area contributed by atoms with Gasteiger partial charge in [0.1, 0.15) is 0 Å². The number of rotatable bonds is 12. The van der Waals surface area contributed by atoms with Crippen LogP contribution in [0.2, 0.25) is 0 Å². The number of unbranched alkanes of at least 4 members (excludes halogenated alkanes) is 2. The fraction of sp³-hybridized carbons (Fsp3) is 1.00. The fourth-order valence-electron chi connectivity index (χ4n) is 2.71. The minimum Gasteiger partial charge on any atom is -0.308 e. The van der Waals surface area contributed by atoms with Crippen LogP contribution in [-0.4, -0.2) is 40.5 Å². The second-order valence-corrected chi connectivity index (χ2v) is 6.90. The Morgan fingerprint density at radius 1 is 0.800 bits per heavy atom. The lowest BCUT2D eigenvalue weighted by Gasteiger charge is -2.46. The molecule has 4 N–H and O–H groups in total. The lowest BCUT2D eigenvalue weighted by molar-refractivity contribution is 0.0678. The Hall–Kier alpha value is -0.160. The van der Waals surface area contributed by atoms with Crippen LogP contribution in [-0.2, 0) is 0 Å². The summed E-state index contributed by atoms with van der Waals surface area (Å²) in [5.41, 5.74) is 0.568. The summed E-state index contributed by atoms with van der Waals surface area (Å²) < 4.78 is 0. The second-order valence-electron chi connectivity index (χ2n) is 6.90. The fourth-order valence-corrected chi connectivity index (χ4v) is 2.71. The predicted octanol–water partition coefficient (Wildman–Crippen LogP) is 2.13. The highest BCUT2D eigenvalue weighted by Crippen LogP contribution is 2.42. The molecule has 0 spiro atoms. The van der Waals surface area contributed by atoms with Gasteiger partial charge in [-0.15, -0.1) is 0 Å². The SMILES string of the molecule is CCCCCC(CNCNC)(CNCNC)C(C)(C)C. The number of nitrogens with one attached hydrogen (secondary N) is 4. The molecule has 0 aromatic heterocycles. The van der Waals surface area contributed by atoms with Gasteiger partial charge in [0.05, 0.1) is 0 Å². The molecule has 20 heavy (non-hydrogen) atoms. The lowest BCUT2D eigenvalue weighted by Crippen LogP contribution is -2.52. The lowest BCUT2D eigenvalue weighted by atomic mass is 9.63. The van der Waals surface area contributed by atoms with Gasteiger partial charge in [-0.05, 0) is 25.9 Å². The monoisotopic (exact) mass is 286 g/mol. The molecule has 0 heterocycles. The summed E-state index contributed by atoms with van der Waals surface area (Å²) in [5.74, 6) is 0. The van der Waals surface area contributed by atoms with Gasteiger partial charge in [0, 0.05) is 31.8 Å². The molecule has 0 aromatic rings. The van der Waals surface area contributed by atoms with Gasteiger partial charge in [0.25, 0.3) is 0 Å². The molecular formula is C16H38N4. The third-order valence-corrected chi connectivity index (χ3v) is 4.38. The summed E-state index contributed by atoms with van der Waals surface area (Å²) in [6.45, 7) is 13.3. The van der Waals surface area contributed by atoms with Crippen molar-refractivity contribution in [1.82, 2.24) is 21.3 Å². The Labute approximate surface area is 126 Å². The summed E-state index contributed by atoms with van der Waals surface area (Å²) >= 11 is 0. The van der Waals surface area contributed by atoms with E-state index in [1.807, 2.05) is 14.1 Å². The van der Waals surface area contributed by atoms with Crippen LogP contribution in [0.15, 0.2) is 0 Å². The van der Waals surface area contributed by atoms with E-state index in [-0.39, 0.29) is 10.8 Å². The van der Waals surface area contributed by atoms with Gasteiger partial charge in [0.2, 0.25) is 0 Å². The molecule has 0 aliphatic heterocycles. The number of hydrogen-bond donors (Lipinski definition) is 4. The molecule has 0 aliphatic carbocycles. The van der Waals surface area contributed by atoms with Gasteiger partial charge in [-0.1, -0.05) is 47.0 Å². The third-order valence-electron chi connectivity index (χ3n) is 4.38. The van der Waals surface area contributed by atoms with E-state index < -0.39 is 0 Å². The molecule has 0 radical (unpaired) electrons. The zero-order valence-corrected chi connectivity index (χ0v) is 14.7. The van der Waals surface area contributed by atoms with Gasteiger partial charge < -0.3 is 21.3 Å². The molecule has 0 amide bonds. The Kier molecular flexibility index (Phi) is 10.5. The molecule has 0 saturated carbocycles. The average molecular weight is 287 g/mol. The molecule has 0 atom stereocenters. The quantitative estimate of drug-likeness (QED) is 0.328. The van der Waals surface area contributed by atoms with Crippen LogP contribution in [0.1, 0.15) is 53.4 Å². The van der Waals surface area contributed by atoms with E-state index in [4.69, 9.17) is 0 Å². The molecule has 0 unspecified atom stereocenters. The molecule has 4 heteroatoms. The number of hydrogen-bond acceptors (Lipinski definition) is 4. The van der Waals surface area contributed by atoms with Crippen LogP contribution in [0, 0.1) is 10.8 Å². The first kappa shape index (κ1) is 19.8. The van der Waals surface area contributed by atoms with Crippen molar-refractivity contribution in [3.05, 3.63) is 0 Å². The molecular weight excluding hydrogens is 248 g/mol. The third kappa shape index (κ3) is 7.02. The summed E-state index contributed by atoms with van der Waals surface area (Å²) in [5, 5.41) is 13.5. The standard InChI is InChI=1S/C16H38N4/c1-7-8-9-10-16(15(2,3)4,11-19-13-17-5)12-20-14-18-6/h17-20H,7-14H2,1-6H3. The van der Waals surface area contributed by atoms with Gasteiger partial charge in [-0.3, -0.25) is 0 Å². The van der Waals surface area contributed by atoms with Crippen molar-refractivity contribution in [3.8, 4) is 0 Å². The Morgan fingerprint density at radius 3 is 1.65 bits per heavy atom. The highest BCUT2D eigenvalue weighted by molar-refractivity contribution is 4.93. The van der Waals surface area contributed by atoms with E-state index in [9.17, 15) is 0 Å². The second kappa shape index (κ2) is 10.6. The predicted molar refractivity (Wildman–Crippen MR) is 89.9 cm³/mol. The molecule has 0 fully saturated rings. The summed E-state index contributed by atoms with van der Waals surface area (Å²) in [6.07, 6.45) is 5.21. The highest BCUT2D eigenvalue weighted by Gasteiger charge is 2.40. The minimum absolute atomic E-state index is 0.280. The zero-order chi connectivity index (χ0) is 15.5. The van der Waals surface area contributed by atoms with Gasteiger partial charge in [-0.25, -0.2) is 0 Å². The van der Waals surface area contributed by atoms with Crippen molar-refractivity contribution >= 4 is 0 Å². The van der Waals surface area contributed by atoms with Crippen LogP contribution < -0.4 is 21.3 Å². The van der Waals surface area contributed by atoms with Crippen LogP contribution in [0.25, 0.3) is 0 Å². The van der Waals surface area contributed by atoms with Crippen molar-refractivity contribution in [3.63, 3.8) is 0 Å². The molecule has 0 aromatic carbocycles. The zero-order valence-electron chi connectivity index (χ0n) is 14.7. The van der Waals surface area contributed by atoms with Crippen molar-refractivity contribution in [1.29, 1.82) is 0 Å². The van der Waals surface area contributed by atoms with Gasteiger partial charge in [0.15, 0.2) is 0 Å². The highest BCUT2D eigenvalue weighted by atomic mass is 15.1. The van der Waals surface area contributed by atoms with E-state index in [1.54, 1.807) is 0 Å². The molecule has 4 nitrogen and oxygen atoms in total.